The van der Waals surface area contributed by atoms with Crippen LogP contribution in [0.2, 0.25) is 0 Å². The fourth-order valence-electron chi connectivity index (χ4n) is 2.28. The first-order valence-electron chi connectivity index (χ1n) is 7.36. The van der Waals surface area contributed by atoms with Crippen molar-refractivity contribution in [1.82, 2.24) is 9.78 Å². The van der Waals surface area contributed by atoms with E-state index in [1.807, 2.05) is 30.3 Å². The van der Waals surface area contributed by atoms with Crippen molar-refractivity contribution in [3.8, 4) is 5.69 Å². The van der Waals surface area contributed by atoms with Gasteiger partial charge in [0.2, 0.25) is 0 Å². The van der Waals surface area contributed by atoms with E-state index in [1.165, 1.54) is 6.26 Å². The minimum atomic E-state index is -3.23. The summed E-state index contributed by atoms with van der Waals surface area (Å²) in [6, 6.07) is 16.1. The van der Waals surface area contributed by atoms with E-state index in [9.17, 15) is 13.2 Å². The normalized spacial score (nSPS) is 11.9. The van der Waals surface area contributed by atoms with Crippen LogP contribution in [0.3, 0.4) is 0 Å². The maximum absolute atomic E-state index is 11.8. The van der Waals surface area contributed by atoms with Gasteiger partial charge >= 0.3 is 152 Å². The Kier molecular flexibility index (Phi) is 4.79. The topological polar surface area (TPSA) is 95.1 Å². The number of nitrogens with two attached hydrogens (primary N) is 1. The Labute approximate surface area is 152 Å². The molecule has 0 fully saturated rings. The zero-order chi connectivity index (χ0) is 18.0. The first-order valence-corrected chi connectivity index (χ1v) is 11.4. The molecule has 0 bridgehead atoms. The summed E-state index contributed by atoms with van der Waals surface area (Å²) >= 11 is -0.932. The molecule has 0 aliphatic carbocycles. The molecule has 0 aliphatic heterocycles. The van der Waals surface area contributed by atoms with Crippen LogP contribution in [0.1, 0.15) is 10.4 Å². The van der Waals surface area contributed by atoms with Crippen molar-refractivity contribution in [3.05, 3.63) is 66.4 Å². The van der Waals surface area contributed by atoms with E-state index >= 15 is 0 Å². The Balaban J connectivity index is 1.94. The molecule has 128 valence electrons. The van der Waals surface area contributed by atoms with Crippen molar-refractivity contribution in [2.24, 2.45) is 5.73 Å². The van der Waals surface area contributed by atoms with Gasteiger partial charge in [0.15, 0.2) is 0 Å². The standard InChI is InChI=1S/C17H16AsN3O3S/c1-25(23,24)14-9-7-12(8-10-14)18-16-15(17(19)22)11-21(20-16)13-5-3-2-4-6-13/h2-11,18H,1H3,(H2,19,22). The molecule has 3 rings (SSSR count). The number of hydrogen-bond donors (Lipinski definition) is 1. The number of primary amides is 1. The summed E-state index contributed by atoms with van der Waals surface area (Å²) in [6.45, 7) is 0. The molecule has 2 aromatic carbocycles. The zero-order valence-corrected chi connectivity index (χ0v) is 16.3. The van der Waals surface area contributed by atoms with Crippen LogP contribution >= 0.6 is 0 Å². The second-order valence-electron chi connectivity index (χ2n) is 5.46. The monoisotopic (exact) mass is 417 g/mol. The fraction of sp³-hybridized carbons (Fsp3) is 0.0588. The Hall–Kier alpha value is -2.37. The number of sulfone groups is 1. The van der Waals surface area contributed by atoms with E-state index in [-0.39, 0.29) is 4.90 Å². The summed E-state index contributed by atoms with van der Waals surface area (Å²) in [4.78, 5) is 12.0. The van der Waals surface area contributed by atoms with Gasteiger partial charge in [0.25, 0.3) is 0 Å². The number of hydrogen-bond acceptors (Lipinski definition) is 4. The fourth-order valence-corrected chi connectivity index (χ4v) is 5.19. The summed E-state index contributed by atoms with van der Waals surface area (Å²) < 4.78 is 26.4. The molecular formula is C17H16AsN3O3S. The molecule has 25 heavy (non-hydrogen) atoms. The Morgan fingerprint density at radius 3 is 2.28 bits per heavy atom. The average molecular weight is 417 g/mol. The number of nitrogens with zero attached hydrogens (tertiary/aromatic N) is 2. The van der Waals surface area contributed by atoms with Crippen LogP contribution < -0.4 is 14.6 Å². The number of rotatable bonds is 5. The Bertz CT molecular complexity index is 1010. The quantitative estimate of drug-likeness (QED) is 0.580. The molecular weight excluding hydrogens is 401 g/mol. The van der Waals surface area contributed by atoms with Gasteiger partial charge in [-0.15, -0.1) is 0 Å². The molecule has 1 heterocycles. The molecule has 0 saturated carbocycles. The summed E-state index contributed by atoms with van der Waals surface area (Å²) in [5.74, 6) is -0.520. The van der Waals surface area contributed by atoms with Crippen molar-refractivity contribution >= 4 is 40.3 Å². The third kappa shape index (κ3) is 4.00. The van der Waals surface area contributed by atoms with E-state index in [1.54, 1.807) is 35.1 Å². The summed E-state index contributed by atoms with van der Waals surface area (Å²) in [6.07, 6.45) is 2.81. The SMILES string of the molecule is CS(=O)(=O)c1ccc([AsH]c2nn(-c3ccccc3)cc2C(N)=O)cc1. The van der Waals surface area contributed by atoms with Crippen molar-refractivity contribution in [3.63, 3.8) is 0 Å². The van der Waals surface area contributed by atoms with Gasteiger partial charge in [-0.05, 0) is 0 Å². The van der Waals surface area contributed by atoms with E-state index in [4.69, 9.17) is 5.73 Å². The third-order valence-corrected chi connectivity index (χ3v) is 7.25. The molecule has 2 N–H and O–H groups in total. The number of benzene rings is 2. The predicted octanol–water partition coefficient (Wildman–Crippen LogP) is -0.238. The molecule has 1 atom stereocenters. The molecule has 0 saturated heterocycles. The van der Waals surface area contributed by atoms with Crippen LogP contribution in [0.25, 0.3) is 5.69 Å². The van der Waals surface area contributed by atoms with E-state index in [0.717, 1.165) is 10.0 Å². The minimum absolute atomic E-state index is 0.271. The number of carbonyl (C=O) groups excluding carboxylic acids is 1. The molecule has 0 spiro atoms. The molecule has 1 amide bonds. The Morgan fingerprint density at radius 2 is 1.72 bits per heavy atom. The maximum atomic E-state index is 11.8. The molecule has 1 unspecified atom stereocenters. The molecule has 3 aromatic rings. The second-order valence-corrected chi connectivity index (χ2v) is 10.2. The van der Waals surface area contributed by atoms with Gasteiger partial charge < -0.3 is 0 Å². The van der Waals surface area contributed by atoms with Gasteiger partial charge in [0.05, 0.1) is 0 Å². The van der Waals surface area contributed by atoms with Crippen molar-refractivity contribution < 1.29 is 13.2 Å². The van der Waals surface area contributed by atoms with Gasteiger partial charge in [0.1, 0.15) is 0 Å². The zero-order valence-electron chi connectivity index (χ0n) is 13.4. The number of para-hydroxylation sites is 1. The van der Waals surface area contributed by atoms with Crippen LogP contribution in [-0.2, 0) is 9.84 Å². The number of amides is 1. The predicted molar refractivity (Wildman–Crippen MR) is 98.1 cm³/mol. The van der Waals surface area contributed by atoms with Crippen LogP contribution in [0.4, 0.5) is 0 Å². The van der Waals surface area contributed by atoms with Gasteiger partial charge in [-0.2, -0.15) is 0 Å². The van der Waals surface area contributed by atoms with Crippen molar-refractivity contribution in [1.29, 1.82) is 0 Å². The van der Waals surface area contributed by atoms with Gasteiger partial charge in [-0.1, -0.05) is 0 Å². The molecule has 1 aromatic heterocycles. The summed E-state index contributed by atoms with van der Waals surface area (Å²) in [5, 5.41) is 4.52. The summed E-state index contributed by atoms with van der Waals surface area (Å²) in [7, 11) is -3.23. The number of aromatic nitrogens is 2. The molecule has 0 radical (unpaired) electrons. The van der Waals surface area contributed by atoms with E-state index < -0.39 is 31.5 Å². The third-order valence-electron chi connectivity index (χ3n) is 3.55. The molecule has 8 heteroatoms. The van der Waals surface area contributed by atoms with Crippen LogP contribution in [-0.4, -0.2) is 46.1 Å². The second kappa shape index (κ2) is 6.86. The van der Waals surface area contributed by atoms with Gasteiger partial charge in [-0.3, -0.25) is 0 Å². The van der Waals surface area contributed by atoms with Crippen LogP contribution in [0.15, 0.2) is 65.7 Å². The Morgan fingerprint density at radius 1 is 1.08 bits per heavy atom. The van der Waals surface area contributed by atoms with Gasteiger partial charge in [0, 0.05) is 0 Å². The summed E-state index contributed by atoms with van der Waals surface area (Å²) in [5.41, 5.74) is 6.73. The van der Waals surface area contributed by atoms with Gasteiger partial charge in [-0.25, -0.2) is 0 Å². The molecule has 6 nitrogen and oxygen atoms in total. The average Bonchev–Trinajstić information content (AvgIpc) is 2.99. The van der Waals surface area contributed by atoms with Crippen molar-refractivity contribution in [2.45, 2.75) is 4.90 Å². The van der Waals surface area contributed by atoms with E-state index in [2.05, 4.69) is 5.10 Å². The first kappa shape index (κ1) is 17.5. The molecule has 0 aliphatic rings. The van der Waals surface area contributed by atoms with Crippen LogP contribution in [0, 0.1) is 0 Å². The van der Waals surface area contributed by atoms with Crippen LogP contribution in [0.5, 0.6) is 0 Å². The van der Waals surface area contributed by atoms with E-state index in [0.29, 0.717) is 10.0 Å². The number of carbonyl (C=O) groups is 1. The first-order chi connectivity index (χ1) is 11.8. The van der Waals surface area contributed by atoms with Crippen molar-refractivity contribution in [2.75, 3.05) is 6.26 Å².